The van der Waals surface area contributed by atoms with E-state index in [0.29, 0.717) is 11.1 Å². The van der Waals surface area contributed by atoms with Crippen molar-refractivity contribution in [3.63, 3.8) is 0 Å². The average Bonchev–Trinajstić information content (AvgIpc) is 3.00. The first-order chi connectivity index (χ1) is 10.9. The van der Waals surface area contributed by atoms with Crippen molar-refractivity contribution in [2.45, 2.75) is 27.2 Å². The number of nitrogens with one attached hydrogen (secondary N) is 1. The highest BCUT2D eigenvalue weighted by Gasteiger charge is 2.13. The van der Waals surface area contributed by atoms with Crippen molar-refractivity contribution in [1.29, 1.82) is 0 Å². The molecule has 0 fully saturated rings. The fourth-order valence-electron chi connectivity index (χ4n) is 2.02. The summed E-state index contributed by atoms with van der Waals surface area (Å²) in [5.74, 6) is -0.394. The lowest BCUT2D eigenvalue weighted by molar-refractivity contribution is -0.385. The van der Waals surface area contributed by atoms with Gasteiger partial charge in [-0.05, 0) is 44.5 Å². The number of rotatable bonds is 5. The van der Waals surface area contributed by atoms with Crippen LogP contribution in [0.2, 0.25) is 0 Å². The van der Waals surface area contributed by atoms with E-state index in [1.807, 2.05) is 19.1 Å². The zero-order chi connectivity index (χ0) is 17.0. The second-order valence-corrected chi connectivity index (χ2v) is 6.18. The summed E-state index contributed by atoms with van der Waals surface area (Å²) in [4.78, 5) is 24.7. The van der Waals surface area contributed by atoms with E-state index < -0.39 is 10.8 Å². The van der Waals surface area contributed by atoms with Gasteiger partial charge < -0.3 is 0 Å². The van der Waals surface area contributed by atoms with Crippen molar-refractivity contribution in [1.82, 2.24) is 5.43 Å². The first kappa shape index (κ1) is 16.8. The van der Waals surface area contributed by atoms with E-state index in [2.05, 4.69) is 17.5 Å². The number of hydrazone groups is 1. The van der Waals surface area contributed by atoms with Gasteiger partial charge in [0.15, 0.2) is 0 Å². The van der Waals surface area contributed by atoms with Gasteiger partial charge in [-0.25, -0.2) is 5.43 Å². The van der Waals surface area contributed by atoms with Crippen LogP contribution in [0.15, 0.2) is 35.4 Å². The molecule has 0 aliphatic carbocycles. The lowest BCUT2D eigenvalue weighted by Gasteiger charge is -2.03. The van der Waals surface area contributed by atoms with Gasteiger partial charge in [-0.1, -0.05) is 6.92 Å². The van der Waals surface area contributed by atoms with Crippen LogP contribution in [0.3, 0.4) is 0 Å². The number of carbonyl (C=O) groups excluding carboxylic acids is 1. The van der Waals surface area contributed by atoms with Crippen molar-refractivity contribution >= 4 is 28.6 Å². The predicted octanol–water partition coefficient (Wildman–Crippen LogP) is 3.68. The Morgan fingerprint density at radius 3 is 2.65 bits per heavy atom. The zero-order valence-electron chi connectivity index (χ0n) is 13.1. The van der Waals surface area contributed by atoms with Crippen molar-refractivity contribution in [2.24, 2.45) is 5.10 Å². The quantitative estimate of drug-likeness (QED) is 0.515. The van der Waals surface area contributed by atoms with Gasteiger partial charge in [-0.15, -0.1) is 11.3 Å². The number of nitro benzene ring substituents is 1. The number of benzene rings is 1. The summed E-state index contributed by atoms with van der Waals surface area (Å²) >= 11 is 1.64. The lowest BCUT2D eigenvalue weighted by atomic mass is 10.1. The van der Waals surface area contributed by atoms with Gasteiger partial charge in [0, 0.05) is 22.1 Å². The zero-order valence-corrected chi connectivity index (χ0v) is 13.9. The maximum atomic E-state index is 12.1. The Kier molecular flexibility index (Phi) is 5.23. The molecule has 6 nitrogen and oxygen atoms in total. The van der Waals surface area contributed by atoms with Gasteiger partial charge in [0.25, 0.3) is 11.6 Å². The summed E-state index contributed by atoms with van der Waals surface area (Å²) in [6, 6.07) is 8.25. The maximum absolute atomic E-state index is 12.1. The third kappa shape index (κ3) is 4.01. The molecule has 120 valence electrons. The van der Waals surface area contributed by atoms with Gasteiger partial charge in [0.05, 0.1) is 15.5 Å². The number of amides is 1. The molecule has 1 aromatic heterocycles. The largest absolute Gasteiger partial charge is 0.272 e. The Balaban J connectivity index is 2.11. The van der Waals surface area contributed by atoms with Crippen LogP contribution in [-0.4, -0.2) is 16.5 Å². The predicted molar refractivity (Wildman–Crippen MR) is 91.2 cm³/mol. The molecule has 0 aliphatic rings. The molecular formula is C16H17N3O3S. The molecule has 0 radical (unpaired) electrons. The van der Waals surface area contributed by atoms with Gasteiger partial charge >= 0.3 is 0 Å². The van der Waals surface area contributed by atoms with E-state index in [4.69, 9.17) is 0 Å². The first-order valence-electron chi connectivity index (χ1n) is 7.11. The topological polar surface area (TPSA) is 84.6 Å². The molecule has 0 spiro atoms. The number of nitro groups is 1. The van der Waals surface area contributed by atoms with Crippen LogP contribution in [0.5, 0.6) is 0 Å². The Bertz CT molecular complexity index is 781. The van der Waals surface area contributed by atoms with E-state index in [9.17, 15) is 14.9 Å². The van der Waals surface area contributed by atoms with Crippen LogP contribution in [0.25, 0.3) is 0 Å². The standard InChI is InChI=1S/C16H17N3O3S/c1-4-13-6-8-15(23-13)11(3)17-18-16(20)12-5-7-14(19(21)22)10(2)9-12/h5-9H,4H2,1-3H3,(H,18,20)/b17-11+. The van der Waals surface area contributed by atoms with Crippen molar-refractivity contribution in [3.8, 4) is 0 Å². The van der Waals surface area contributed by atoms with Crippen LogP contribution in [-0.2, 0) is 6.42 Å². The van der Waals surface area contributed by atoms with Gasteiger partial charge in [-0.2, -0.15) is 5.10 Å². The van der Waals surface area contributed by atoms with E-state index >= 15 is 0 Å². The first-order valence-corrected chi connectivity index (χ1v) is 7.92. The van der Waals surface area contributed by atoms with E-state index in [1.54, 1.807) is 18.3 Å². The number of aryl methyl sites for hydroxylation is 2. The number of hydrogen-bond donors (Lipinski definition) is 1. The second kappa shape index (κ2) is 7.15. The number of thiophene rings is 1. The summed E-state index contributed by atoms with van der Waals surface area (Å²) < 4.78 is 0. The number of nitrogens with zero attached hydrogens (tertiary/aromatic N) is 2. The van der Waals surface area contributed by atoms with Crippen LogP contribution in [0, 0.1) is 17.0 Å². The molecule has 0 saturated carbocycles. The monoisotopic (exact) mass is 331 g/mol. The highest BCUT2D eigenvalue weighted by Crippen LogP contribution is 2.19. The maximum Gasteiger partial charge on any atom is 0.272 e. The smallest absolute Gasteiger partial charge is 0.267 e. The second-order valence-electron chi connectivity index (χ2n) is 5.02. The Morgan fingerprint density at radius 2 is 2.09 bits per heavy atom. The molecule has 0 atom stereocenters. The lowest BCUT2D eigenvalue weighted by Crippen LogP contribution is -2.19. The molecule has 7 heteroatoms. The summed E-state index contributed by atoms with van der Waals surface area (Å²) in [5.41, 5.74) is 3.98. The molecule has 0 unspecified atom stereocenters. The average molecular weight is 331 g/mol. The fraction of sp³-hybridized carbons (Fsp3) is 0.250. The molecule has 2 rings (SSSR count). The van der Waals surface area contributed by atoms with Crippen molar-refractivity contribution in [2.75, 3.05) is 0 Å². The van der Waals surface area contributed by atoms with Crippen molar-refractivity contribution < 1.29 is 9.72 Å². The number of hydrogen-bond acceptors (Lipinski definition) is 5. The molecule has 1 aromatic carbocycles. The molecule has 1 heterocycles. The SMILES string of the molecule is CCc1ccc(/C(C)=N/NC(=O)c2ccc([N+](=O)[O-])c(C)c2)s1. The molecule has 0 saturated heterocycles. The minimum Gasteiger partial charge on any atom is -0.267 e. The van der Waals surface area contributed by atoms with Gasteiger partial charge in [-0.3, -0.25) is 14.9 Å². The van der Waals surface area contributed by atoms with Crippen LogP contribution < -0.4 is 5.43 Å². The summed E-state index contributed by atoms with van der Waals surface area (Å²) in [5, 5.41) is 14.9. The Hall–Kier alpha value is -2.54. The third-order valence-corrected chi connectivity index (χ3v) is 4.69. The summed E-state index contributed by atoms with van der Waals surface area (Å²) in [7, 11) is 0. The Morgan fingerprint density at radius 1 is 1.35 bits per heavy atom. The molecule has 1 N–H and O–H groups in total. The van der Waals surface area contributed by atoms with E-state index in [1.165, 1.54) is 23.1 Å². The minimum absolute atomic E-state index is 0.00749. The molecule has 2 aromatic rings. The molecular weight excluding hydrogens is 314 g/mol. The number of carbonyl (C=O) groups is 1. The van der Waals surface area contributed by atoms with Crippen molar-refractivity contribution in [3.05, 3.63) is 61.3 Å². The highest BCUT2D eigenvalue weighted by atomic mass is 32.1. The van der Waals surface area contributed by atoms with Crippen LogP contribution in [0.4, 0.5) is 5.69 Å². The van der Waals surface area contributed by atoms with Crippen LogP contribution >= 0.6 is 11.3 Å². The molecule has 23 heavy (non-hydrogen) atoms. The summed E-state index contributed by atoms with van der Waals surface area (Å²) in [6.07, 6.45) is 0.965. The summed E-state index contributed by atoms with van der Waals surface area (Å²) in [6.45, 7) is 5.51. The minimum atomic E-state index is -0.471. The molecule has 0 aliphatic heterocycles. The third-order valence-electron chi connectivity index (χ3n) is 3.35. The van der Waals surface area contributed by atoms with Crippen LogP contribution in [0.1, 0.15) is 39.5 Å². The van der Waals surface area contributed by atoms with E-state index in [-0.39, 0.29) is 5.69 Å². The normalized spacial score (nSPS) is 11.3. The Labute approximate surface area is 138 Å². The van der Waals surface area contributed by atoms with E-state index in [0.717, 1.165) is 17.0 Å². The molecule has 1 amide bonds. The highest BCUT2D eigenvalue weighted by molar-refractivity contribution is 7.14. The van der Waals surface area contributed by atoms with Gasteiger partial charge in [0.2, 0.25) is 0 Å². The van der Waals surface area contributed by atoms with Gasteiger partial charge in [0.1, 0.15) is 0 Å². The molecule has 0 bridgehead atoms. The fourth-order valence-corrected chi connectivity index (χ4v) is 2.91.